The van der Waals surface area contributed by atoms with Gasteiger partial charge in [0.1, 0.15) is 11.5 Å². The van der Waals surface area contributed by atoms with E-state index in [9.17, 15) is 10.2 Å². The molecule has 0 heterocycles. The molecule has 44 heavy (non-hydrogen) atoms. The molecule has 4 bridgehead atoms. The minimum absolute atomic E-state index is 0.107. The molecule has 2 N–H and O–H groups in total. The molecule has 0 saturated heterocycles. The van der Waals surface area contributed by atoms with Gasteiger partial charge in [-0.2, -0.15) is 0 Å². The molecule has 0 fully saturated rings. The second kappa shape index (κ2) is 11.8. The first-order valence-electron chi connectivity index (χ1n) is 15.1. The molecule has 5 aromatic carbocycles. The Balaban J connectivity index is 2.05. The number of phenolic OH excluding ortho intramolecular Hbond substituents is 2. The van der Waals surface area contributed by atoms with Crippen molar-refractivity contribution in [3.8, 4) is 11.5 Å². The topological polar surface area (TPSA) is 65.2 Å². The number of aliphatic imine (C=N–C) groups is 2. The van der Waals surface area contributed by atoms with E-state index < -0.39 is 0 Å². The van der Waals surface area contributed by atoms with Crippen molar-refractivity contribution in [2.45, 2.75) is 66.2 Å². The largest absolute Gasteiger partial charge is 0.507 e. The Kier molecular flexibility index (Phi) is 8.22. The number of hydrogen-bond donors (Lipinski definition) is 2. The van der Waals surface area contributed by atoms with Gasteiger partial charge in [-0.1, -0.05) is 90.1 Å². The van der Waals surface area contributed by atoms with Crippen LogP contribution >= 0.6 is 0 Å². The maximum absolute atomic E-state index is 10.6. The smallest absolute Gasteiger partial charge is 0.124 e. The number of phenols is 2. The van der Waals surface area contributed by atoms with E-state index in [1.807, 2.05) is 24.3 Å². The molecule has 0 radical (unpaired) electrons. The van der Waals surface area contributed by atoms with Crippen molar-refractivity contribution in [2.24, 2.45) is 9.98 Å². The number of para-hydroxylation sites is 2. The molecule has 4 heteroatoms. The van der Waals surface area contributed by atoms with Crippen LogP contribution in [0.1, 0.15) is 74.9 Å². The van der Waals surface area contributed by atoms with Crippen LogP contribution in [0, 0.1) is 13.8 Å². The van der Waals surface area contributed by atoms with Crippen molar-refractivity contribution < 1.29 is 10.2 Å². The first kappa shape index (κ1) is 30.7. The van der Waals surface area contributed by atoms with E-state index in [4.69, 9.17) is 9.98 Å². The summed E-state index contributed by atoms with van der Waals surface area (Å²) in [6, 6.07) is 27.8. The van der Waals surface area contributed by atoms with Gasteiger partial charge in [0, 0.05) is 34.3 Å². The highest BCUT2D eigenvalue weighted by Gasteiger charge is 2.20. The van der Waals surface area contributed by atoms with Crippen molar-refractivity contribution in [3.63, 3.8) is 0 Å². The van der Waals surface area contributed by atoms with Gasteiger partial charge in [0.05, 0.1) is 11.4 Å². The molecule has 5 aromatic rings. The molecular formula is C40H42N2O2. The van der Waals surface area contributed by atoms with Gasteiger partial charge in [0.25, 0.3) is 0 Å². The fraction of sp³-hybridized carbons (Fsp3) is 0.250. The standard InChI is InChI=1S/C40H42N2O2/c1-25-27-17-18-28-20-32(40(6,7)8)22-34(26(28)2)38(42-24-30-14-10-12-16-36(30)44)37(33(25)21-31(19-27)39(3,4)5)41-23-29-13-9-11-15-35(29)43/h9-24,43-44H,1-8H3. The number of benzene rings is 4. The molecule has 0 aromatic heterocycles. The molecule has 0 spiro atoms. The molecule has 0 unspecified atom stereocenters. The fourth-order valence-corrected chi connectivity index (χ4v) is 5.34. The number of aromatic hydroxyl groups is 2. The van der Waals surface area contributed by atoms with Gasteiger partial charge in [-0.25, -0.2) is 0 Å². The Bertz CT molecular complexity index is 1830. The summed E-state index contributed by atoms with van der Waals surface area (Å²) in [6.07, 6.45) is 3.43. The van der Waals surface area contributed by atoms with E-state index in [0.29, 0.717) is 22.5 Å². The molecule has 0 amide bonds. The van der Waals surface area contributed by atoms with Crippen LogP contribution in [-0.4, -0.2) is 22.6 Å². The third-order valence-electron chi connectivity index (χ3n) is 8.34. The van der Waals surface area contributed by atoms with Crippen molar-refractivity contribution in [1.29, 1.82) is 0 Å². The SMILES string of the molecule is Cc1c2ccc3cc(C(C)(C)C)cc(c(N=Cc4ccccc4O)c(N=Cc4ccccc4O)c1cc(C(C)(C)C)c2)c3C. The van der Waals surface area contributed by atoms with E-state index in [-0.39, 0.29) is 22.3 Å². The second-order valence-electron chi connectivity index (χ2n) is 13.6. The van der Waals surface area contributed by atoms with Gasteiger partial charge in [-0.3, -0.25) is 9.98 Å². The fourth-order valence-electron chi connectivity index (χ4n) is 5.34. The van der Waals surface area contributed by atoms with Gasteiger partial charge in [0.15, 0.2) is 0 Å². The normalized spacial score (nSPS) is 12.5. The Hall–Kier alpha value is -4.70. The van der Waals surface area contributed by atoms with Crippen LogP contribution in [0.5, 0.6) is 11.5 Å². The lowest BCUT2D eigenvalue weighted by molar-refractivity contribution is 0.474. The molecule has 224 valence electrons. The zero-order valence-electron chi connectivity index (χ0n) is 27.0. The Morgan fingerprint density at radius 1 is 0.523 bits per heavy atom. The zero-order chi connectivity index (χ0) is 31.8. The molecule has 4 nitrogen and oxygen atoms in total. The van der Waals surface area contributed by atoms with Crippen molar-refractivity contribution >= 4 is 45.3 Å². The summed E-state index contributed by atoms with van der Waals surface area (Å²) in [6.45, 7) is 17.6. The monoisotopic (exact) mass is 582 g/mol. The summed E-state index contributed by atoms with van der Waals surface area (Å²) in [5.41, 5.74) is 6.97. The summed E-state index contributed by atoms with van der Waals surface area (Å²) in [5.74, 6) is 0.320. The number of rotatable bonds is 4. The summed E-state index contributed by atoms with van der Waals surface area (Å²) in [5, 5.41) is 25.4. The van der Waals surface area contributed by atoms with Crippen LogP contribution in [0.2, 0.25) is 0 Å². The number of nitrogens with zero attached hydrogens (tertiary/aromatic N) is 2. The zero-order valence-corrected chi connectivity index (χ0v) is 27.0. The highest BCUT2D eigenvalue weighted by molar-refractivity contribution is 6.03. The number of aryl methyl sites for hydroxylation is 2. The van der Waals surface area contributed by atoms with Crippen LogP contribution < -0.4 is 0 Å². The van der Waals surface area contributed by atoms with Gasteiger partial charge in [-0.15, -0.1) is 0 Å². The molecular weight excluding hydrogens is 540 g/mol. The Labute approximate surface area is 261 Å². The summed E-state index contributed by atoms with van der Waals surface area (Å²) < 4.78 is 0. The highest BCUT2D eigenvalue weighted by atomic mass is 16.3. The van der Waals surface area contributed by atoms with Gasteiger partial charge in [0.2, 0.25) is 0 Å². The molecule has 0 aliphatic heterocycles. The number of hydrogen-bond acceptors (Lipinski definition) is 4. The Morgan fingerprint density at radius 2 is 0.886 bits per heavy atom. The van der Waals surface area contributed by atoms with Crippen LogP contribution in [-0.2, 0) is 10.8 Å². The van der Waals surface area contributed by atoms with Crippen molar-refractivity contribution in [2.75, 3.05) is 0 Å². The predicted octanol–water partition coefficient (Wildman–Crippen LogP) is 10.7. The predicted molar refractivity (Wildman–Crippen MR) is 188 cm³/mol. The third-order valence-corrected chi connectivity index (χ3v) is 8.34. The minimum Gasteiger partial charge on any atom is -0.507 e. The van der Waals surface area contributed by atoms with Gasteiger partial charge >= 0.3 is 0 Å². The van der Waals surface area contributed by atoms with E-state index in [1.54, 1.807) is 36.7 Å². The van der Waals surface area contributed by atoms with E-state index in [0.717, 1.165) is 32.7 Å². The average molecular weight is 583 g/mol. The Morgan fingerprint density at radius 3 is 1.23 bits per heavy atom. The highest BCUT2D eigenvalue weighted by Crippen LogP contribution is 2.43. The summed E-state index contributed by atoms with van der Waals surface area (Å²) >= 11 is 0. The molecule has 0 atom stereocenters. The van der Waals surface area contributed by atoms with Crippen molar-refractivity contribution in [1.82, 2.24) is 0 Å². The quantitative estimate of drug-likeness (QED) is 0.207. The maximum atomic E-state index is 10.6. The number of fused-ring (bicyclic) bond motifs is 4. The minimum atomic E-state index is -0.107. The van der Waals surface area contributed by atoms with Crippen LogP contribution in [0.4, 0.5) is 11.4 Å². The summed E-state index contributed by atoms with van der Waals surface area (Å²) in [7, 11) is 0. The lowest BCUT2D eigenvalue weighted by atomic mass is 9.83. The first-order valence-corrected chi connectivity index (χ1v) is 15.1. The average Bonchev–Trinajstić information content (AvgIpc) is 2.95. The lowest BCUT2D eigenvalue weighted by Crippen LogP contribution is -2.11. The second-order valence-corrected chi connectivity index (χ2v) is 13.6. The first-order chi connectivity index (χ1) is 20.7. The van der Waals surface area contributed by atoms with E-state index in [1.165, 1.54) is 11.1 Å². The van der Waals surface area contributed by atoms with Crippen LogP contribution in [0.15, 0.2) is 94.9 Å². The maximum Gasteiger partial charge on any atom is 0.124 e. The van der Waals surface area contributed by atoms with Crippen LogP contribution in [0.25, 0.3) is 21.5 Å². The third kappa shape index (κ3) is 6.30. The van der Waals surface area contributed by atoms with Gasteiger partial charge in [-0.05, 0) is 94.1 Å². The molecule has 0 aliphatic rings. The van der Waals surface area contributed by atoms with E-state index >= 15 is 0 Å². The molecule has 0 aliphatic carbocycles. The van der Waals surface area contributed by atoms with E-state index in [2.05, 4.69) is 91.8 Å². The van der Waals surface area contributed by atoms with Crippen LogP contribution in [0.3, 0.4) is 0 Å². The van der Waals surface area contributed by atoms with Crippen molar-refractivity contribution in [3.05, 3.63) is 118 Å². The lowest BCUT2D eigenvalue weighted by Gasteiger charge is -2.22. The summed E-state index contributed by atoms with van der Waals surface area (Å²) in [4.78, 5) is 10.3. The van der Waals surface area contributed by atoms with Gasteiger partial charge < -0.3 is 10.2 Å². The molecule has 0 saturated carbocycles. The molecule has 5 rings (SSSR count).